The summed E-state index contributed by atoms with van der Waals surface area (Å²) in [6.45, 7) is 1.44. The minimum atomic E-state index is -4.64. The van der Waals surface area contributed by atoms with E-state index in [2.05, 4.69) is 9.97 Å². The van der Waals surface area contributed by atoms with Crippen molar-refractivity contribution in [1.29, 1.82) is 0 Å². The predicted molar refractivity (Wildman–Crippen MR) is 86.6 cm³/mol. The molecule has 7 nitrogen and oxygen atoms in total. The Hall–Kier alpha value is -2.56. The first-order chi connectivity index (χ1) is 12.1. The predicted octanol–water partition coefficient (Wildman–Crippen LogP) is 2.65. The molecule has 0 bridgehead atoms. The van der Waals surface area contributed by atoms with Gasteiger partial charge in [0.1, 0.15) is 10.6 Å². The van der Waals surface area contributed by atoms with Crippen LogP contribution in [0.5, 0.6) is 0 Å². The van der Waals surface area contributed by atoms with Crippen LogP contribution in [0.4, 0.5) is 13.2 Å². The lowest BCUT2D eigenvalue weighted by Crippen LogP contribution is -2.25. The summed E-state index contributed by atoms with van der Waals surface area (Å²) in [7, 11) is -2.23. The number of rotatable bonds is 3. The number of alkyl halides is 3. The summed E-state index contributed by atoms with van der Waals surface area (Å²) in [5.41, 5.74) is -0.890. The summed E-state index contributed by atoms with van der Waals surface area (Å²) in [5, 5.41) is 0. The van der Waals surface area contributed by atoms with E-state index in [0.29, 0.717) is 4.76 Å². The number of halogens is 3. The molecule has 1 unspecified atom stereocenters. The number of aryl methyl sites for hydroxylation is 1. The lowest BCUT2D eigenvalue weighted by Gasteiger charge is -2.14. The van der Waals surface area contributed by atoms with Gasteiger partial charge in [-0.2, -0.15) is 13.2 Å². The molecule has 26 heavy (non-hydrogen) atoms. The Morgan fingerprint density at radius 2 is 2.04 bits per heavy atom. The Balaban J connectivity index is 2.20. The van der Waals surface area contributed by atoms with Gasteiger partial charge in [0, 0.05) is 22.8 Å². The maximum Gasteiger partial charge on any atom is 0.433 e. The van der Waals surface area contributed by atoms with Crippen molar-refractivity contribution in [3.8, 4) is 0 Å². The molecular weight excluding hydrogens is 373 g/mol. The van der Waals surface area contributed by atoms with Crippen LogP contribution >= 0.6 is 0 Å². The summed E-state index contributed by atoms with van der Waals surface area (Å²) in [6, 6.07) is -0.513. The average molecular weight is 387 g/mol. The summed E-state index contributed by atoms with van der Waals surface area (Å²) in [5.74, 6) is -0.204. The molecule has 2 aromatic rings. The van der Waals surface area contributed by atoms with Crippen LogP contribution in [0.2, 0.25) is 0 Å². The normalized spacial score (nSPS) is 18.4. The van der Waals surface area contributed by atoms with E-state index in [9.17, 15) is 26.5 Å². The van der Waals surface area contributed by atoms with Crippen LogP contribution in [0.15, 0.2) is 35.5 Å². The maximum atomic E-state index is 12.9. The van der Waals surface area contributed by atoms with Crippen LogP contribution in [0, 0.1) is 4.91 Å². The number of nitroso groups, excluding NO2 is 1. The van der Waals surface area contributed by atoms with Gasteiger partial charge < -0.3 is 4.57 Å². The molecule has 1 aliphatic heterocycles. The third-order valence-electron chi connectivity index (χ3n) is 4.09. The Bertz CT molecular complexity index is 1070. The zero-order valence-electron chi connectivity index (χ0n) is 13.7. The number of aromatic nitrogens is 3. The molecule has 11 heteroatoms. The fourth-order valence-corrected chi connectivity index (χ4v) is 3.88. The quantitative estimate of drug-likeness (QED) is 0.756. The fraction of sp³-hybridized carbons (Fsp3) is 0.333. The highest BCUT2D eigenvalue weighted by molar-refractivity contribution is 7.95. The number of allylic oxidation sites excluding steroid dienone is 2. The molecule has 0 radical (unpaired) electrons. The lowest BCUT2D eigenvalue weighted by molar-refractivity contribution is -0.519. The van der Waals surface area contributed by atoms with Crippen molar-refractivity contribution in [2.24, 2.45) is 7.05 Å². The summed E-state index contributed by atoms with van der Waals surface area (Å²) in [6.07, 6.45) is 0.105. The molecule has 0 saturated heterocycles. The maximum absolute atomic E-state index is 12.9. The molecule has 3 rings (SSSR count). The highest BCUT2D eigenvalue weighted by Gasteiger charge is 2.42. The molecule has 138 valence electrons. The molecule has 0 N–H and O–H groups in total. The topological polar surface area (TPSA) is 84.9 Å². The van der Waals surface area contributed by atoms with Gasteiger partial charge in [0.25, 0.3) is 6.04 Å². The van der Waals surface area contributed by atoms with Gasteiger partial charge in [0.2, 0.25) is 6.20 Å². The van der Waals surface area contributed by atoms with Gasteiger partial charge in [-0.05, 0) is 12.1 Å². The lowest BCUT2D eigenvalue weighted by atomic mass is 10.2. The van der Waals surface area contributed by atoms with Gasteiger partial charge in [0.15, 0.2) is 15.7 Å². The first kappa shape index (κ1) is 18.2. The van der Waals surface area contributed by atoms with Gasteiger partial charge >= 0.3 is 6.18 Å². The molecule has 0 amide bonds. The molecule has 0 spiro atoms. The molecule has 0 fully saturated rings. The van der Waals surface area contributed by atoms with Crippen LogP contribution in [0.3, 0.4) is 0 Å². The number of hydrogen-bond donors (Lipinski definition) is 0. The van der Waals surface area contributed by atoms with Crippen molar-refractivity contribution in [1.82, 2.24) is 14.5 Å². The van der Waals surface area contributed by atoms with Crippen LogP contribution in [0.25, 0.3) is 11.0 Å². The van der Waals surface area contributed by atoms with E-state index in [1.165, 1.54) is 30.7 Å². The number of nitrogens with zero attached hydrogens (tertiary/aromatic N) is 4. The van der Waals surface area contributed by atoms with Crippen molar-refractivity contribution in [3.05, 3.63) is 51.9 Å². The van der Waals surface area contributed by atoms with E-state index in [4.69, 9.17) is 0 Å². The second kappa shape index (κ2) is 6.01. The number of hydrogen-bond acceptors (Lipinski definition) is 5. The largest absolute Gasteiger partial charge is 0.433 e. The van der Waals surface area contributed by atoms with E-state index in [0.717, 1.165) is 18.5 Å². The van der Waals surface area contributed by atoms with Crippen molar-refractivity contribution in [2.45, 2.75) is 19.1 Å². The zero-order chi connectivity index (χ0) is 19.3. The van der Waals surface area contributed by atoms with Crippen LogP contribution in [-0.2, 0) is 23.1 Å². The SMILES string of the molecule is CCS(=O)(=O)C1=CC=C[N+](=O)C1c1nc2cc(C(F)(F)F)ncc2n1C. The van der Waals surface area contributed by atoms with Crippen LogP contribution < -0.4 is 0 Å². The van der Waals surface area contributed by atoms with Gasteiger partial charge in [-0.15, -0.1) is 0 Å². The third-order valence-corrected chi connectivity index (χ3v) is 5.93. The van der Waals surface area contributed by atoms with Crippen LogP contribution in [0.1, 0.15) is 24.5 Å². The first-order valence-corrected chi connectivity index (χ1v) is 9.17. The van der Waals surface area contributed by atoms with E-state index < -0.39 is 27.7 Å². The molecule has 0 aromatic carbocycles. The summed E-state index contributed by atoms with van der Waals surface area (Å²) in [4.78, 5) is 19.6. The monoisotopic (exact) mass is 387 g/mol. The van der Waals surface area contributed by atoms with Gasteiger partial charge in [-0.1, -0.05) is 6.92 Å². The van der Waals surface area contributed by atoms with Crippen molar-refractivity contribution < 1.29 is 26.3 Å². The second-order valence-electron chi connectivity index (χ2n) is 5.66. The van der Waals surface area contributed by atoms with Gasteiger partial charge in [-0.3, -0.25) is 0 Å². The number of fused-ring (bicyclic) bond motifs is 1. The Kier molecular flexibility index (Phi) is 4.21. The molecule has 2 aromatic heterocycles. The highest BCUT2D eigenvalue weighted by Crippen LogP contribution is 2.34. The van der Waals surface area contributed by atoms with Gasteiger partial charge in [-0.25, -0.2) is 18.4 Å². The third kappa shape index (κ3) is 2.91. The van der Waals surface area contributed by atoms with Crippen molar-refractivity contribution in [2.75, 3.05) is 5.75 Å². The molecular formula is C15H14F3N4O3S+. The smallest absolute Gasteiger partial charge is 0.324 e. The first-order valence-electron chi connectivity index (χ1n) is 7.52. The fourth-order valence-electron chi connectivity index (χ4n) is 2.71. The zero-order valence-corrected chi connectivity index (χ0v) is 14.5. The molecule has 1 atom stereocenters. The van der Waals surface area contributed by atoms with Crippen LogP contribution in [-0.4, -0.2) is 33.5 Å². The van der Waals surface area contributed by atoms with E-state index in [1.54, 1.807) is 0 Å². The number of sulfone groups is 1. The minimum Gasteiger partial charge on any atom is -0.324 e. The Morgan fingerprint density at radius 3 is 2.65 bits per heavy atom. The molecule has 0 aliphatic carbocycles. The molecule has 3 heterocycles. The average Bonchev–Trinajstić information content (AvgIpc) is 2.90. The summed E-state index contributed by atoms with van der Waals surface area (Å²) >= 11 is 0. The van der Waals surface area contributed by atoms with Crippen molar-refractivity contribution in [3.63, 3.8) is 0 Å². The number of pyridine rings is 1. The minimum absolute atomic E-state index is 0.0174. The van der Waals surface area contributed by atoms with E-state index in [1.807, 2.05) is 0 Å². The van der Waals surface area contributed by atoms with E-state index in [-0.39, 0.29) is 27.5 Å². The molecule has 0 saturated carbocycles. The Labute approximate surface area is 146 Å². The summed E-state index contributed by atoms with van der Waals surface area (Å²) < 4.78 is 65.0. The van der Waals surface area contributed by atoms with E-state index >= 15 is 0 Å². The second-order valence-corrected chi connectivity index (χ2v) is 7.94. The van der Waals surface area contributed by atoms with Gasteiger partial charge in [0.05, 0.1) is 23.0 Å². The Morgan fingerprint density at radius 1 is 1.35 bits per heavy atom. The van der Waals surface area contributed by atoms with Crippen molar-refractivity contribution >= 4 is 20.9 Å². The highest BCUT2D eigenvalue weighted by atomic mass is 32.2. The standard InChI is InChI=1S/C15H14F3N4O3S/c1-3-26(24,25)11-5-4-6-22(23)13(11)14-20-9-7-12(15(16,17)18)19-8-10(9)21(14)2/h4-8,13H,3H2,1-2H3/q+1. The number of imidazole rings is 1. The molecule has 1 aliphatic rings.